The largest absolute Gasteiger partial charge is 0.454 e. The first-order valence-corrected chi connectivity index (χ1v) is 7.97. The molecule has 3 aromatic rings. The Hall–Kier alpha value is -3.81. The molecule has 2 N–H and O–H groups in total. The summed E-state index contributed by atoms with van der Waals surface area (Å²) in [4.78, 5) is 24.3. The second-order valence-electron chi connectivity index (χ2n) is 5.62. The lowest BCUT2D eigenvalue weighted by Crippen LogP contribution is -2.41. The van der Waals surface area contributed by atoms with Gasteiger partial charge in [-0.3, -0.25) is 20.4 Å². The van der Waals surface area contributed by atoms with Crippen LogP contribution >= 0.6 is 0 Å². The smallest absolute Gasteiger partial charge is 0.305 e. The van der Waals surface area contributed by atoms with Gasteiger partial charge in [-0.2, -0.15) is 0 Å². The number of furan rings is 1. The highest BCUT2D eigenvalue weighted by Crippen LogP contribution is 2.32. The van der Waals surface area contributed by atoms with E-state index in [4.69, 9.17) is 13.9 Å². The van der Waals surface area contributed by atoms with Gasteiger partial charge in [0, 0.05) is 5.56 Å². The Morgan fingerprint density at radius 2 is 1.67 bits per heavy atom. The fourth-order valence-corrected chi connectivity index (χ4v) is 2.55. The minimum Gasteiger partial charge on any atom is -0.454 e. The van der Waals surface area contributed by atoms with Crippen LogP contribution in [0.25, 0.3) is 11.3 Å². The van der Waals surface area contributed by atoms with Gasteiger partial charge in [0.25, 0.3) is 5.91 Å². The number of amides is 2. The minimum absolute atomic E-state index is 0.0701. The number of carbonyl (C=O) groups is 2. The second-order valence-corrected chi connectivity index (χ2v) is 5.62. The Bertz CT molecular complexity index is 1030. The fourth-order valence-electron chi connectivity index (χ4n) is 2.55. The number of hydrogen-bond donors (Lipinski definition) is 2. The van der Waals surface area contributed by atoms with Crippen LogP contribution in [0.1, 0.15) is 20.9 Å². The molecule has 136 valence electrons. The zero-order chi connectivity index (χ0) is 18.8. The molecular formula is C19H13FN2O5. The van der Waals surface area contributed by atoms with Crippen molar-refractivity contribution in [2.24, 2.45) is 0 Å². The zero-order valence-corrected chi connectivity index (χ0v) is 13.8. The summed E-state index contributed by atoms with van der Waals surface area (Å²) in [6.07, 6.45) is 0. The molecule has 0 atom stereocenters. The number of fused-ring (bicyclic) bond motifs is 1. The van der Waals surface area contributed by atoms with Gasteiger partial charge >= 0.3 is 5.91 Å². The molecule has 0 radical (unpaired) electrons. The number of benzene rings is 2. The second kappa shape index (κ2) is 6.83. The van der Waals surface area contributed by atoms with Crippen molar-refractivity contribution < 1.29 is 27.9 Å². The van der Waals surface area contributed by atoms with E-state index in [1.165, 1.54) is 36.4 Å². The number of hydrogen-bond acceptors (Lipinski definition) is 5. The molecule has 1 aromatic heterocycles. The topological polar surface area (TPSA) is 89.8 Å². The van der Waals surface area contributed by atoms with Crippen LogP contribution in [0.5, 0.6) is 11.5 Å². The maximum absolute atomic E-state index is 13.8. The van der Waals surface area contributed by atoms with Crippen LogP contribution in [-0.4, -0.2) is 18.6 Å². The molecule has 4 rings (SSSR count). The Morgan fingerprint density at radius 3 is 2.52 bits per heavy atom. The van der Waals surface area contributed by atoms with Crippen molar-refractivity contribution in [3.63, 3.8) is 0 Å². The lowest BCUT2D eigenvalue weighted by Gasteiger charge is -2.06. The molecule has 2 heterocycles. The van der Waals surface area contributed by atoms with Crippen molar-refractivity contribution in [3.05, 3.63) is 71.7 Å². The van der Waals surface area contributed by atoms with Crippen LogP contribution < -0.4 is 20.3 Å². The number of rotatable bonds is 3. The molecule has 27 heavy (non-hydrogen) atoms. The van der Waals surface area contributed by atoms with E-state index in [0.29, 0.717) is 11.5 Å². The number of carbonyl (C=O) groups excluding carboxylic acids is 2. The first-order valence-electron chi connectivity index (χ1n) is 7.97. The van der Waals surface area contributed by atoms with E-state index in [9.17, 15) is 14.0 Å². The first kappa shape index (κ1) is 16.6. The summed E-state index contributed by atoms with van der Waals surface area (Å²) in [6.45, 7) is 0.0972. The molecule has 0 saturated heterocycles. The maximum atomic E-state index is 13.8. The van der Waals surface area contributed by atoms with Gasteiger partial charge in [0.15, 0.2) is 17.3 Å². The quantitative estimate of drug-likeness (QED) is 0.694. The number of halogens is 1. The average Bonchev–Trinajstić information content (AvgIpc) is 3.35. The van der Waals surface area contributed by atoms with E-state index < -0.39 is 17.6 Å². The van der Waals surface area contributed by atoms with Crippen LogP contribution in [-0.2, 0) is 0 Å². The number of ether oxygens (including phenoxy) is 2. The van der Waals surface area contributed by atoms with E-state index >= 15 is 0 Å². The summed E-state index contributed by atoms with van der Waals surface area (Å²) >= 11 is 0. The third-order valence-electron chi connectivity index (χ3n) is 3.89. The summed E-state index contributed by atoms with van der Waals surface area (Å²) in [5.41, 5.74) is 5.05. The van der Waals surface area contributed by atoms with Crippen LogP contribution in [0.2, 0.25) is 0 Å². The first-order chi connectivity index (χ1) is 13.1. The Kier molecular flexibility index (Phi) is 4.21. The third kappa shape index (κ3) is 3.32. The van der Waals surface area contributed by atoms with Gasteiger partial charge in [0.05, 0.1) is 5.56 Å². The molecule has 0 bridgehead atoms. The van der Waals surface area contributed by atoms with Gasteiger partial charge in [-0.15, -0.1) is 0 Å². The van der Waals surface area contributed by atoms with E-state index in [-0.39, 0.29) is 29.4 Å². The van der Waals surface area contributed by atoms with Crippen LogP contribution in [0.4, 0.5) is 4.39 Å². The molecule has 0 spiro atoms. The molecule has 0 fully saturated rings. The normalized spacial score (nSPS) is 11.9. The standard InChI is InChI=1S/C19H13FN2O5/c20-13-4-2-1-3-12(13)14-7-8-16(27-14)19(24)22-21-18(23)11-5-6-15-17(9-11)26-10-25-15/h1-9H,10H2,(H,21,23)(H,22,24). The average molecular weight is 368 g/mol. The summed E-state index contributed by atoms with van der Waals surface area (Å²) in [6, 6.07) is 13.6. The molecule has 8 heteroatoms. The van der Waals surface area contributed by atoms with E-state index in [0.717, 1.165) is 0 Å². The molecule has 7 nitrogen and oxygen atoms in total. The molecule has 0 aliphatic carbocycles. The highest BCUT2D eigenvalue weighted by molar-refractivity contribution is 5.98. The van der Waals surface area contributed by atoms with Crippen LogP contribution in [0, 0.1) is 5.82 Å². The van der Waals surface area contributed by atoms with Crippen molar-refractivity contribution in [1.29, 1.82) is 0 Å². The molecule has 0 unspecified atom stereocenters. The van der Waals surface area contributed by atoms with Crippen molar-refractivity contribution in [1.82, 2.24) is 10.9 Å². The monoisotopic (exact) mass is 368 g/mol. The maximum Gasteiger partial charge on any atom is 0.305 e. The Balaban J connectivity index is 1.41. The van der Waals surface area contributed by atoms with Crippen LogP contribution in [0.15, 0.2) is 59.0 Å². The highest BCUT2D eigenvalue weighted by Gasteiger charge is 2.18. The van der Waals surface area contributed by atoms with Crippen molar-refractivity contribution in [3.8, 4) is 22.8 Å². The molecule has 1 aliphatic rings. The fraction of sp³-hybridized carbons (Fsp3) is 0.0526. The predicted octanol–water partition coefficient (Wildman–Crippen LogP) is 2.89. The highest BCUT2D eigenvalue weighted by atomic mass is 19.1. The van der Waals surface area contributed by atoms with Crippen molar-refractivity contribution in [2.45, 2.75) is 0 Å². The van der Waals surface area contributed by atoms with Gasteiger partial charge in [-0.1, -0.05) is 12.1 Å². The van der Waals surface area contributed by atoms with Gasteiger partial charge in [0.2, 0.25) is 6.79 Å². The third-order valence-corrected chi connectivity index (χ3v) is 3.89. The SMILES string of the molecule is O=C(NNC(=O)c1ccc(-c2ccccc2F)o1)c1ccc2c(c1)OCO2. The molecule has 2 amide bonds. The van der Waals surface area contributed by atoms with E-state index in [1.54, 1.807) is 18.2 Å². The van der Waals surface area contributed by atoms with Crippen LogP contribution in [0.3, 0.4) is 0 Å². The van der Waals surface area contributed by atoms with E-state index in [1.807, 2.05) is 0 Å². The molecule has 1 aliphatic heterocycles. The van der Waals surface area contributed by atoms with Gasteiger partial charge < -0.3 is 13.9 Å². The lowest BCUT2D eigenvalue weighted by molar-refractivity contribution is 0.0831. The number of nitrogens with one attached hydrogen (secondary N) is 2. The summed E-state index contributed by atoms with van der Waals surface area (Å²) in [5.74, 6) is -0.537. The summed E-state index contributed by atoms with van der Waals surface area (Å²) in [5, 5.41) is 0. The Morgan fingerprint density at radius 1 is 0.889 bits per heavy atom. The summed E-state index contributed by atoms with van der Waals surface area (Å²) < 4.78 is 29.5. The Labute approximate surface area is 152 Å². The summed E-state index contributed by atoms with van der Waals surface area (Å²) in [7, 11) is 0. The molecule has 0 saturated carbocycles. The van der Waals surface area contributed by atoms with Crippen molar-refractivity contribution >= 4 is 11.8 Å². The van der Waals surface area contributed by atoms with Gasteiger partial charge in [-0.25, -0.2) is 4.39 Å². The van der Waals surface area contributed by atoms with Crippen molar-refractivity contribution in [2.75, 3.05) is 6.79 Å². The molecule has 2 aromatic carbocycles. The van der Waals surface area contributed by atoms with Gasteiger partial charge in [0.1, 0.15) is 11.6 Å². The van der Waals surface area contributed by atoms with E-state index in [2.05, 4.69) is 10.9 Å². The minimum atomic E-state index is -0.674. The lowest BCUT2D eigenvalue weighted by atomic mass is 10.1. The number of hydrazine groups is 1. The molecular weight excluding hydrogens is 355 g/mol. The van der Waals surface area contributed by atoms with Gasteiger partial charge in [-0.05, 0) is 42.5 Å². The predicted molar refractivity (Wildman–Crippen MR) is 91.6 cm³/mol. The zero-order valence-electron chi connectivity index (χ0n) is 13.8.